The predicted molar refractivity (Wildman–Crippen MR) is 87.7 cm³/mol. The van der Waals surface area contributed by atoms with Gasteiger partial charge in [0.25, 0.3) is 0 Å². The summed E-state index contributed by atoms with van der Waals surface area (Å²) in [6.45, 7) is 10.4. The minimum absolute atomic E-state index is 0.262. The van der Waals surface area contributed by atoms with Crippen LogP contribution in [-0.4, -0.2) is 40.8 Å². The molecule has 6 heteroatoms. The first-order valence-corrected chi connectivity index (χ1v) is 7.39. The molecule has 1 saturated heterocycles. The van der Waals surface area contributed by atoms with Gasteiger partial charge in [0.05, 0.1) is 19.3 Å². The molecule has 1 fully saturated rings. The summed E-state index contributed by atoms with van der Waals surface area (Å²) in [4.78, 5) is 14.4. The number of nitrogens with one attached hydrogen (secondary N) is 1. The number of aryl methyl sites for hydroxylation is 1. The Morgan fingerprint density at radius 2 is 2.32 bits per heavy atom. The van der Waals surface area contributed by atoms with Crippen LogP contribution < -0.4 is 10.6 Å². The highest BCUT2D eigenvalue weighted by atomic mass is 16.5. The highest BCUT2D eigenvalue weighted by Crippen LogP contribution is 2.25. The van der Waals surface area contributed by atoms with Gasteiger partial charge in [-0.05, 0) is 19.9 Å². The number of H-pyrrole nitrogens is 1. The van der Waals surface area contributed by atoms with Crippen molar-refractivity contribution in [1.82, 2.24) is 15.0 Å². The van der Waals surface area contributed by atoms with Gasteiger partial charge in [0.2, 0.25) is 0 Å². The second-order valence-electron chi connectivity index (χ2n) is 5.59. The van der Waals surface area contributed by atoms with Crippen LogP contribution >= 0.6 is 0 Å². The molecule has 0 amide bonds. The van der Waals surface area contributed by atoms with Crippen molar-refractivity contribution < 1.29 is 4.74 Å². The van der Waals surface area contributed by atoms with E-state index in [2.05, 4.69) is 33.4 Å². The fourth-order valence-corrected chi connectivity index (χ4v) is 2.70. The van der Waals surface area contributed by atoms with Gasteiger partial charge in [0.1, 0.15) is 11.6 Å². The predicted octanol–water partition coefficient (Wildman–Crippen LogP) is 1.98. The van der Waals surface area contributed by atoms with Gasteiger partial charge in [0.15, 0.2) is 5.82 Å². The van der Waals surface area contributed by atoms with Crippen LogP contribution in [0.2, 0.25) is 0 Å². The topological polar surface area (TPSA) is 80.1 Å². The normalized spacial score (nSPS) is 18.5. The molecule has 0 saturated carbocycles. The van der Waals surface area contributed by atoms with Crippen molar-refractivity contribution >= 4 is 17.2 Å². The van der Waals surface area contributed by atoms with Crippen molar-refractivity contribution in [2.75, 3.05) is 30.4 Å². The van der Waals surface area contributed by atoms with Gasteiger partial charge in [-0.15, -0.1) is 0 Å². The first-order chi connectivity index (χ1) is 10.6. The SMILES string of the molecule is C=C(c1nc(N)cc(N2CCOCC2C)n1)c1cc[nH]c1C. The summed E-state index contributed by atoms with van der Waals surface area (Å²) in [5, 5.41) is 0. The minimum atomic E-state index is 0.262. The van der Waals surface area contributed by atoms with Crippen LogP contribution in [0.25, 0.3) is 5.57 Å². The van der Waals surface area contributed by atoms with E-state index < -0.39 is 0 Å². The maximum atomic E-state index is 5.98. The fraction of sp³-hybridized carbons (Fsp3) is 0.375. The van der Waals surface area contributed by atoms with Gasteiger partial charge >= 0.3 is 0 Å². The van der Waals surface area contributed by atoms with E-state index in [1.54, 1.807) is 0 Å². The average Bonchev–Trinajstić information content (AvgIpc) is 2.92. The Hall–Kier alpha value is -2.34. The average molecular weight is 299 g/mol. The number of rotatable bonds is 3. The number of nitrogen functional groups attached to an aromatic ring is 1. The van der Waals surface area contributed by atoms with Crippen molar-refractivity contribution in [3.05, 3.63) is 42.0 Å². The Morgan fingerprint density at radius 3 is 3.00 bits per heavy atom. The third-order valence-electron chi connectivity index (χ3n) is 3.94. The number of anilines is 2. The highest BCUT2D eigenvalue weighted by molar-refractivity contribution is 5.76. The molecule has 1 aliphatic rings. The lowest BCUT2D eigenvalue weighted by Crippen LogP contribution is -2.44. The van der Waals surface area contributed by atoms with Gasteiger partial charge in [-0.2, -0.15) is 0 Å². The van der Waals surface area contributed by atoms with Gasteiger partial charge in [-0.3, -0.25) is 0 Å². The van der Waals surface area contributed by atoms with Crippen molar-refractivity contribution in [3.8, 4) is 0 Å². The van der Waals surface area contributed by atoms with Gasteiger partial charge in [0, 0.05) is 35.6 Å². The van der Waals surface area contributed by atoms with Crippen molar-refractivity contribution in [2.45, 2.75) is 19.9 Å². The molecule has 22 heavy (non-hydrogen) atoms. The zero-order valence-corrected chi connectivity index (χ0v) is 13.0. The van der Waals surface area contributed by atoms with Crippen molar-refractivity contribution in [2.24, 2.45) is 0 Å². The summed E-state index contributed by atoms with van der Waals surface area (Å²) < 4.78 is 5.48. The summed E-state index contributed by atoms with van der Waals surface area (Å²) in [7, 11) is 0. The first-order valence-electron chi connectivity index (χ1n) is 7.39. The van der Waals surface area contributed by atoms with Crippen LogP contribution in [0.3, 0.4) is 0 Å². The van der Waals surface area contributed by atoms with Crippen LogP contribution in [0.1, 0.15) is 24.0 Å². The molecule has 2 aromatic rings. The Bertz CT molecular complexity index is 694. The second-order valence-corrected chi connectivity index (χ2v) is 5.59. The molecule has 3 rings (SSSR count). The zero-order chi connectivity index (χ0) is 15.7. The van der Waals surface area contributed by atoms with Gasteiger partial charge < -0.3 is 20.4 Å². The third kappa shape index (κ3) is 2.69. The lowest BCUT2D eigenvalue weighted by Gasteiger charge is -2.34. The van der Waals surface area contributed by atoms with Crippen LogP contribution in [0.15, 0.2) is 24.9 Å². The molecule has 0 radical (unpaired) electrons. The summed E-state index contributed by atoms with van der Waals surface area (Å²) >= 11 is 0. The lowest BCUT2D eigenvalue weighted by atomic mass is 10.1. The van der Waals surface area contributed by atoms with E-state index in [1.165, 1.54) is 0 Å². The lowest BCUT2D eigenvalue weighted by molar-refractivity contribution is 0.0985. The number of morpholine rings is 1. The molecule has 6 nitrogen and oxygen atoms in total. The van der Waals surface area contributed by atoms with E-state index in [4.69, 9.17) is 10.5 Å². The quantitative estimate of drug-likeness (QED) is 0.906. The summed E-state index contributed by atoms with van der Waals surface area (Å²) in [6, 6.07) is 4.04. The molecule has 3 N–H and O–H groups in total. The van der Waals surface area contributed by atoms with Crippen LogP contribution in [0, 0.1) is 6.92 Å². The molecule has 0 aliphatic carbocycles. The van der Waals surface area contributed by atoms with Gasteiger partial charge in [-0.1, -0.05) is 6.58 Å². The molecule has 1 atom stereocenters. The van der Waals surface area contributed by atoms with Crippen LogP contribution in [0.5, 0.6) is 0 Å². The number of ether oxygens (including phenoxy) is 1. The number of nitrogens with zero attached hydrogens (tertiary/aromatic N) is 3. The maximum absolute atomic E-state index is 5.98. The molecule has 0 aromatic carbocycles. The van der Waals surface area contributed by atoms with Crippen LogP contribution in [0.4, 0.5) is 11.6 Å². The molecule has 0 spiro atoms. The maximum Gasteiger partial charge on any atom is 0.163 e. The standard InChI is InChI=1S/C16H21N5O/c1-10-9-22-7-6-21(10)15-8-14(17)19-16(20-15)11(2)13-4-5-18-12(13)3/h4-5,8,10,18H,2,6-7,9H2,1,3H3,(H2,17,19,20). The Morgan fingerprint density at radius 1 is 1.50 bits per heavy atom. The first kappa shape index (κ1) is 14.6. The number of hydrogen-bond donors (Lipinski definition) is 2. The van der Waals surface area contributed by atoms with E-state index in [9.17, 15) is 0 Å². The van der Waals surface area contributed by atoms with E-state index in [0.29, 0.717) is 24.9 Å². The van der Waals surface area contributed by atoms with Crippen LogP contribution in [-0.2, 0) is 4.74 Å². The van der Waals surface area contributed by atoms with E-state index in [-0.39, 0.29) is 6.04 Å². The monoisotopic (exact) mass is 299 g/mol. The number of nitrogens with two attached hydrogens (primary N) is 1. The summed E-state index contributed by atoms with van der Waals surface area (Å²) in [5.74, 6) is 1.84. The van der Waals surface area contributed by atoms with E-state index in [1.807, 2.05) is 25.3 Å². The fourth-order valence-electron chi connectivity index (χ4n) is 2.70. The van der Waals surface area contributed by atoms with E-state index in [0.717, 1.165) is 29.2 Å². The Balaban J connectivity index is 1.96. The molecule has 2 aromatic heterocycles. The van der Waals surface area contributed by atoms with Crippen molar-refractivity contribution in [3.63, 3.8) is 0 Å². The van der Waals surface area contributed by atoms with Gasteiger partial charge in [-0.25, -0.2) is 9.97 Å². The second kappa shape index (κ2) is 5.81. The molecule has 1 aliphatic heterocycles. The Kier molecular flexibility index (Phi) is 3.85. The largest absolute Gasteiger partial charge is 0.384 e. The minimum Gasteiger partial charge on any atom is -0.384 e. The number of aromatic amines is 1. The smallest absolute Gasteiger partial charge is 0.163 e. The Labute approximate surface area is 130 Å². The van der Waals surface area contributed by atoms with Crippen molar-refractivity contribution in [1.29, 1.82) is 0 Å². The highest BCUT2D eigenvalue weighted by Gasteiger charge is 2.22. The summed E-state index contributed by atoms with van der Waals surface area (Å²) in [5.41, 5.74) is 8.80. The number of aromatic nitrogens is 3. The zero-order valence-electron chi connectivity index (χ0n) is 13.0. The van der Waals surface area contributed by atoms with E-state index >= 15 is 0 Å². The molecule has 1 unspecified atom stereocenters. The molecular weight excluding hydrogens is 278 g/mol. The summed E-state index contributed by atoms with van der Waals surface area (Å²) in [6.07, 6.45) is 1.88. The molecule has 3 heterocycles. The molecule has 0 bridgehead atoms. The third-order valence-corrected chi connectivity index (χ3v) is 3.94. The number of hydrogen-bond acceptors (Lipinski definition) is 5. The molecule has 116 valence electrons. The molecular formula is C16H21N5O.